The fraction of sp³-hybridized carbons (Fsp3) is 0.217. The standard InChI is InChI=1S/C23H20F2N2O2S/c1-2-27(13-20(28)26-21-17(24)8-5-9-18(21)25)23(29)19-12-15-11-10-14-6-3-4-7-16(14)22(15)30-19/h3-9,12H,2,10-11,13H2,1H3,(H,26,28). The number of halogens is 2. The number of carbonyl (C=O) groups is 2. The number of fused-ring (bicyclic) bond motifs is 3. The number of anilines is 1. The Morgan fingerprint density at radius 1 is 1.03 bits per heavy atom. The van der Waals surface area contributed by atoms with Gasteiger partial charge in [-0.25, -0.2) is 8.78 Å². The lowest BCUT2D eigenvalue weighted by atomic mass is 9.91. The third-order valence-electron chi connectivity index (χ3n) is 5.18. The van der Waals surface area contributed by atoms with Crippen LogP contribution in [0.1, 0.15) is 27.7 Å². The number of thiophene rings is 1. The first-order valence-electron chi connectivity index (χ1n) is 9.72. The first-order valence-corrected chi connectivity index (χ1v) is 10.5. The van der Waals surface area contributed by atoms with Gasteiger partial charge in [0.1, 0.15) is 23.9 Å². The van der Waals surface area contributed by atoms with Crippen molar-refractivity contribution in [1.82, 2.24) is 4.90 Å². The van der Waals surface area contributed by atoms with Crippen molar-refractivity contribution in [1.29, 1.82) is 0 Å². The van der Waals surface area contributed by atoms with E-state index in [-0.39, 0.29) is 12.5 Å². The molecule has 0 aliphatic heterocycles. The van der Waals surface area contributed by atoms with Gasteiger partial charge in [0.25, 0.3) is 5.91 Å². The molecule has 0 unspecified atom stereocenters. The van der Waals surface area contributed by atoms with E-state index in [0.717, 1.165) is 41.0 Å². The number of rotatable bonds is 5. The maximum absolute atomic E-state index is 13.8. The molecule has 2 aromatic carbocycles. The molecule has 4 nitrogen and oxygen atoms in total. The number of hydrogen-bond acceptors (Lipinski definition) is 3. The molecule has 0 atom stereocenters. The molecule has 4 rings (SSSR count). The SMILES string of the molecule is CCN(CC(=O)Nc1c(F)cccc1F)C(=O)c1cc2c(s1)-c1ccccc1CC2. The van der Waals surface area contributed by atoms with E-state index >= 15 is 0 Å². The Morgan fingerprint density at radius 2 is 1.73 bits per heavy atom. The first kappa shape index (κ1) is 20.2. The summed E-state index contributed by atoms with van der Waals surface area (Å²) in [6.45, 7) is 1.77. The zero-order chi connectivity index (χ0) is 21.3. The molecule has 0 radical (unpaired) electrons. The van der Waals surface area contributed by atoms with Gasteiger partial charge in [-0.1, -0.05) is 30.3 Å². The van der Waals surface area contributed by atoms with Gasteiger partial charge in [0.15, 0.2) is 0 Å². The van der Waals surface area contributed by atoms with Crippen LogP contribution in [0.25, 0.3) is 10.4 Å². The molecular formula is C23H20F2N2O2S. The molecule has 0 fully saturated rings. The maximum Gasteiger partial charge on any atom is 0.264 e. The Morgan fingerprint density at radius 3 is 2.47 bits per heavy atom. The van der Waals surface area contributed by atoms with Crippen molar-refractivity contribution in [2.24, 2.45) is 0 Å². The largest absolute Gasteiger partial charge is 0.329 e. The third-order valence-corrected chi connectivity index (χ3v) is 6.37. The van der Waals surface area contributed by atoms with Crippen LogP contribution in [0.15, 0.2) is 48.5 Å². The number of nitrogens with zero attached hydrogens (tertiary/aromatic N) is 1. The second-order valence-corrected chi connectivity index (χ2v) is 8.14. The van der Waals surface area contributed by atoms with E-state index in [2.05, 4.69) is 17.4 Å². The number of amides is 2. The van der Waals surface area contributed by atoms with Crippen LogP contribution in [-0.2, 0) is 17.6 Å². The quantitative estimate of drug-likeness (QED) is 0.631. The predicted molar refractivity (Wildman–Crippen MR) is 114 cm³/mol. The Balaban J connectivity index is 1.51. The number of likely N-dealkylation sites (N-methyl/N-ethyl adjacent to an activating group) is 1. The molecule has 7 heteroatoms. The lowest BCUT2D eigenvalue weighted by molar-refractivity contribution is -0.116. The van der Waals surface area contributed by atoms with Crippen LogP contribution in [0.2, 0.25) is 0 Å². The summed E-state index contributed by atoms with van der Waals surface area (Å²) >= 11 is 1.42. The molecule has 3 aromatic rings. The molecule has 1 aliphatic rings. The van der Waals surface area contributed by atoms with Gasteiger partial charge in [0, 0.05) is 11.4 Å². The van der Waals surface area contributed by atoms with Gasteiger partial charge in [0.05, 0.1) is 4.88 Å². The molecule has 30 heavy (non-hydrogen) atoms. The van der Waals surface area contributed by atoms with Crippen LogP contribution in [0.4, 0.5) is 14.5 Å². The fourth-order valence-electron chi connectivity index (χ4n) is 3.63. The summed E-state index contributed by atoms with van der Waals surface area (Å²) in [4.78, 5) is 28.4. The second kappa shape index (κ2) is 8.36. The second-order valence-electron chi connectivity index (χ2n) is 7.09. The molecular weight excluding hydrogens is 406 g/mol. The van der Waals surface area contributed by atoms with E-state index < -0.39 is 23.2 Å². The summed E-state index contributed by atoms with van der Waals surface area (Å²) in [6.07, 6.45) is 1.80. The lowest BCUT2D eigenvalue weighted by Crippen LogP contribution is -2.37. The number of carbonyl (C=O) groups excluding carboxylic acids is 2. The van der Waals surface area contributed by atoms with Crippen molar-refractivity contribution in [3.63, 3.8) is 0 Å². The van der Waals surface area contributed by atoms with Crippen molar-refractivity contribution < 1.29 is 18.4 Å². The highest BCUT2D eigenvalue weighted by atomic mass is 32.1. The van der Waals surface area contributed by atoms with Gasteiger partial charge in [-0.05, 0) is 54.7 Å². The Labute approximate surface area is 177 Å². The minimum atomic E-state index is -0.859. The van der Waals surface area contributed by atoms with E-state index in [1.54, 1.807) is 6.92 Å². The maximum atomic E-state index is 13.8. The van der Waals surface area contributed by atoms with E-state index in [4.69, 9.17) is 0 Å². The number of hydrogen-bond donors (Lipinski definition) is 1. The fourth-order valence-corrected chi connectivity index (χ4v) is 4.87. The molecule has 1 aromatic heterocycles. The van der Waals surface area contributed by atoms with Gasteiger partial charge in [-0.2, -0.15) is 0 Å². The zero-order valence-corrected chi connectivity index (χ0v) is 17.2. The summed E-state index contributed by atoms with van der Waals surface area (Å²) in [7, 11) is 0. The number of aryl methyl sites for hydroxylation is 2. The predicted octanol–water partition coefficient (Wildman–Crippen LogP) is 4.89. The van der Waals surface area contributed by atoms with Crippen LogP contribution < -0.4 is 5.32 Å². The first-order chi connectivity index (χ1) is 14.5. The minimum Gasteiger partial charge on any atom is -0.329 e. The lowest BCUT2D eigenvalue weighted by Gasteiger charge is -2.19. The highest BCUT2D eigenvalue weighted by Gasteiger charge is 2.25. The molecule has 1 N–H and O–H groups in total. The topological polar surface area (TPSA) is 49.4 Å². The normalized spacial score (nSPS) is 12.1. The number of benzene rings is 2. The van der Waals surface area contributed by atoms with Gasteiger partial charge in [-0.3, -0.25) is 9.59 Å². The smallest absolute Gasteiger partial charge is 0.264 e. The third kappa shape index (κ3) is 3.85. The van der Waals surface area contributed by atoms with Gasteiger partial charge >= 0.3 is 0 Å². The summed E-state index contributed by atoms with van der Waals surface area (Å²) in [6, 6.07) is 13.4. The van der Waals surface area contributed by atoms with E-state index in [9.17, 15) is 18.4 Å². The van der Waals surface area contributed by atoms with Crippen molar-refractivity contribution in [2.75, 3.05) is 18.4 Å². The van der Waals surface area contributed by atoms with Crippen molar-refractivity contribution in [2.45, 2.75) is 19.8 Å². The van der Waals surface area contributed by atoms with E-state index in [0.29, 0.717) is 11.4 Å². The van der Waals surface area contributed by atoms with E-state index in [1.165, 1.54) is 27.9 Å². The Bertz CT molecular complexity index is 1110. The zero-order valence-electron chi connectivity index (χ0n) is 16.4. The van der Waals surface area contributed by atoms with Gasteiger partial charge in [0.2, 0.25) is 5.91 Å². The highest BCUT2D eigenvalue weighted by molar-refractivity contribution is 7.17. The average molecular weight is 426 g/mol. The summed E-state index contributed by atoms with van der Waals surface area (Å²) in [5.41, 5.74) is 3.05. The molecule has 0 saturated heterocycles. The van der Waals surface area contributed by atoms with E-state index in [1.807, 2.05) is 18.2 Å². The molecule has 0 bridgehead atoms. The number of nitrogens with one attached hydrogen (secondary N) is 1. The molecule has 154 valence electrons. The monoisotopic (exact) mass is 426 g/mol. The Hall–Kier alpha value is -3.06. The molecule has 1 heterocycles. The molecule has 2 amide bonds. The van der Waals surface area contributed by atoms with Crippen molar-refractivity contribution in [3.8, 4) is 10.4 Å². The van der Waals surface area contributed by atoms with Gasteiger partial charge < -0.3 is 10.2 Å². The Kier molecular flexibility index (Phi) is 5.63. The number of para-hydroxylation sites is 1. The average Bonchev–Trinajstić information content (AvgIpc) is 3.19. The van der Waals surface area contributed by atoms with Crippen LogP contribution in [0.3, 0.4) is 0 Å². The summed E-state index contributed by atoms with van der Waals surface area (Å²) in [5.74, 6) is -2.64. The van der Waals surface area contributed by atoms with Crippen LogP contribution in [0.5, 0.6) is 0 Å². The molecule has 1 aliphatic carbocycles. The van der Waals surface area contributed by atoms with Crippen molar-refractivity contribution >= 4 is 28.8 Å². The van der Waals surface area contributed by atoms with Crippen LogP contribution in [-0.4, -0.2) is 29.8 Å². The summed E-state index contributed by atoms with van der Waals surface area (Å²) < 4.78 is 27.5. The van der Waals surface area contributed by atoms with Crippen LogP contribution >= 0.6 is 11.3 Å². The molecule has 0 spiro atoms. The van der Waals surface area contributed by atoms with Gasteiger partial charge in [-0.15, -0.1) is 11.3 Å². The van der Waals surface area contributed by atoms with Crippen LogP contribution in [0, 0.1) is 11.6 Å². The highest BCUT2D eigenvalue weighted by Crippen LogP contribution is 2.39. The molecule has 0 saturated carbocycles. The minimum absolute atomic E-state index is 0.265. The van der Waals surface area contributed by atoms with Crippen molar-refractivity contribution in [3.05, 3.63) is 76.2 Å². The summed E-state index contributed by atoms with van der Waals surface area (Å²) in [5, 5.41) is 2.23.